The lowest BCUT2D eigenvalue weighted by Gasteiger charge is -2.29. The van der Waals surface area contributed by atoms with Crippen LogP contribution in [0.3, 0.4) is 0 Å². The van der Waals surface area contributed by atoms with E-state index in [0.29, 0.717) is 31.6 Å². The Bertz CT molecular complexity index is 699. The first-order valence-electron chi connectivity index (χ1n) is 7.96. The van der Waals surface area contributed by atoms with Gasteiger partial charge in [-0.2, -0.15) is 0 Å². The van der Waals surface area contributed by atoms with Gasteiger partial charge in [-0.1, -0.05) is 26.3 Å². The zero-order valence-electron chi connectivity index (χ0n) is 13.9. The number of anilines is 1. The quantitative estimate of drug-likeness (QED) is 0.819. The van der Waals surface area contributed by atoms with Crippen molar-refractivity contribution < 1.29 is 13.2 Å². The van der Waals surface area contributed by atoms with E-state index in [-0.39, 0.29) is 10.8 Å². The van der Waals surface area contributed by atoms with Gasteiger partial charge in [-0.3, -0.25) is 4.79 Å². The minimum absolute atomic E-state index is 0.156. The summed E-state index contributed by atoms with van der Waals surface area (Å²) in [6, 6.07) is 4.93. The second-order valence-corrected chi connectivity index (χ2v) is 7.93. The van der Waals surface area contributed by atoms with Crippen LogP contribution >= 0.6 is 0 Å². The Balaban J connectivity index is 2.37. The number of nitrogens with one attached hydrogen (secondary N) is 1. The lowest BCUT2D eigenvalue weighted by molar-refractivity contribution is -0.123. The number of carbonyl (C=O) groups is 1. The van der Waals surface area contributed by atoms with Crippen LogP contribution in [0.5, 0.6) is 0 Å². The van der Waals surface area contributed by atoms with Crippen LogP contribution in [-0.2, 0) is 21.2 Å². The minimum atomic E-state index is -3.55. The number of carbonyl (C=O) groups excluding carboxylic acids is 1. The molecule has 0 bridgehead atoms. The average Bonchev–Trinajstić information content (AvgIpc) is 2.89. The molecule has 1 aromatic carbocycles. The average molecular weight is 339 g/mol. The summed E-state index contributed by atoms with van der Waals surface area (Å²) in [5.41, 5.74) is 6.85. The molecule has 3 N–H and O–H groups in total. The largest absolute Gasteiger partial charge is 0.318 e. The van der Waals surface area contributed by atoms with Crippen molar-refractivity contribution in [1.29, 1.82) is 0 Å². The molecule has 1 amide bonds. The molecule has 2 rings (SSSR count). The number of sulfonamides is 1. The van der Waals surface area contributed by atoms with Gasteiger partial charge >= 0.3 is 0 Å². The third-order valence-electron chi connectivity index (χ3n) is 4.10. The van der Waals surface area contributed by atoms with Gasteiger partial charge in [0.25, 0.3) is 0 Å². The number of nitrogens with zero attached hydrogens (tertiary/aromatic N) is 1. The predicted octanol–water partition coefficient (Wildman–Crippen LogP) is 1.39. The molecule has 1 atom stereocenters. The highest BCUT2D eigenvalue weighted by atomic mass is 32.2. The fourth-order valence-electron chi connectivity index (χ4n) is 2.95. The van der Waals surface area contributed by atoms with E-state index in [9.17, 15) is 13.2 Å². The Morgan fingerprint density at radius 3 is 2.70 bits per heavy atom. The van der Waals surface area contributed by atoms with Crippen LogP contribution in [0, 0.1) is 0 Å². The van der Waals surface area contributed by atoms with Gasteiger partial charge in [0.2, 0.25) is 15.9 Å². The van der Waals surface area contributed by atoms with E-state index in [4.69, 9.17) is 5.73 Å². The zero-order chi connectivity index (χ0) is 17.3. The fourth-order valence-corrected chi connectivity index (χ4v) is 4.01. The summed E-state index contributed by atoms with van der Waals surface area (Å²) < 4.78 is 26.8. The first-order chi connectivity index (χ1) is 10.7. The Morgan fingerprint density at radius 2 is 2.09 bits per heavy atom. The Morgan fingerprint density at radius 1 is 1.39 bits per heavy atom. The van der Waals surface area contributed by atoms with E-state index in [1.807, 2.05) is 6.92 Å². The molecule has 0 spiro atoms. The fraction of sp³-hybridized carbons (Fsp3) is 0.562. The van der Waals surface area contributed by atoms with Crippen molar-refractivity contribution in [2.24, 2.45) is 5.73 Å². The summed E-state index contributed by atoms with van der Waals surface area (Å²) in [4.78, 5) is 14.5. The zero-order valence-corrected chi connectivity index (χ0v) is 14.7. The van der Waals surface area contributed by atoms with Crippen LogP contribution < -0.4 is 15.4 Å². The van der Waals surface area contributed by atoms with Gasteiger partial charge in [0, 0.05) is 18.8 Å². The summed E-state index contributed by atoms with van der Waals surface area (Å²) in [5, 5.41) is 0. The molecule has 1 unspecified atom stereocenters. The van der Waals surface area contributed by atoms with Crippen LogP contribution in [0.15, 0.2) is 23.1 Å². The van der Waals surface area contributed by atoms with Crippen molar-refractivity contribution in [1.82, 2.24) is 4.72 Å². The van der Waals surface area contributed by atoms with E-state index in [1.54, 1.807) is 36.9 Å². The van der Waals surface area contributed by atoms with E-state index in [1.165, 1.54) is 0 Å². The first kappa shape index (κ1) is 17.9. The molecule has 0 aromatic heterocycles. The van der Waals surface area contributed by atoms with Crippen LogP contribution in [-0.4, -0.2) is 33.0 Å². The van der Waals surface area contributed by atoms with Crippen LogP contribution in [0.25, 0.3) is 0 Å². The molecule has 0 saturated heterocycles. The standard InChI is InChI=1S/C16H25N3O3S/c1-4-9-16(3,17)15(20)19-10-8-12-6-7-13(11-14(12)19)23(21,22)18-5-2/h6-7,11,18H,4-5,8-10,17H2,1-3H3. The molecule has 1 heterocycles. The van der Waals surface area contributed by atoms with Gasteiger partial charge < -0.3 is 10.6 Å². The third-order valence-corrected chi connectivity index (χ3v) is 5.64. The molecule has 1 aliphatic rings. The van der Waals surface area contributed by atoms with Gasteiger partial charge in [0.1, 0.15) is 0 Å². The molecule has 7 heteroatoms. The maximum atomic E-state index is 12.7. The molecule has 23 heavy (non-hydrogen) atoms. The van der Waals surface area contributed by atoms with Crippen molar-refractivity contribution in [3.8, 4) is 0 Å². The second kappa shape index (κ2) is 6.59. The maximum absolute atomic E-state index is 12.7. The monoisotopic (exact) mass is 339 g/mol. The summed E-state index contributed by atoms with van der Waals surface area (Å²) in [6.45, 7) is 6.30. The molecule has 0 radical (unpaired) electrons. The highest BCUT2D eigenvalue weighted by molar-refractivity contribution is 7.89. The highest BCUT2D eigenvalue weighted by Crippen LogP contribution is 2.32. The van der Waals surface area contributed by atoms with Crippen LogP contribution in [0.1, 0.15) is 39.2 Å². The van der Waals surface area contributed by atoms with Crippen molar-refractivity contribution in [3.63, 3.8) is 0 Å². The van der Waals surface area contributed by atoms with Gasteiger partial charge in [-0.25, -0.2) is 13.1 Å². The van der Waals surface area contributed by atoms with Crippen molar-refractivity contribution in [2.75, 3.05) is 18.0 Å². The minimum Gasteiger partial charge on any atom is -0.318 e. The number of nitrogens with two attached hydrogens (primary N) is 1. The van der Waals surface area contributed by atoms with Crippen molar-refractivity contribution in [3.05, 3.63) is 23.8 Å². The first-order valence-corrected chi connectivity index (χ1v) is 9.44. The smallest absolute Gasteiger partial charge is 0.246 e. The van der Waals surface area contributed by atoms with Crippen molar-refractivity contribution >= 4 is 21.6 Å². The van der Waals surface area contributed by atoms with Crippen LogP contribution in [0.2, 0.25) is 0 Å². The molecular formula is C16H25N3O3S. The lowest BCUT2D eigenvalue weighted by atomic mass is 9.95. The number of fused-ring (bicyclic) bond motifs is 1. The number of hydrogen-bond acceptors (Lipinski definition) is 4. The highest BCUT2D eigenvalue weighted by Gasteiger charge is 2.36. The van der Waals surface area contributed by atoms with E-state index < -0.39 is 15.6 Å². The number of benzene rings is 1. The lowest BCUT2D eigenvalue weighted by Crippen LogP contribution is -2.53. The maximum Gasteiger partial charge on any atom is 0.246 e. The number of rotatable bonds is 6. The molecule has 6 nitrogen and oxygen atoms in total. The second-order valence-electron chi connectivity index (χ2n) is 6.17. The molecular weight excluding hydrogens is 314 g/mol. The SMILES string of the molecule is CCCC(C)(N)C(=O)N1CCc2ccc(S(=O)(=O)NCC)cc21. The third kappa shape index (κ3) is 3.57. The molecule has 0 fully saturated rings. The summed E-state index contributed by atoms with van der Waals surface area (Å²) in [7, 11) is -3.55. The summed E-state index contributed by atoms with van der Waals surface area (Å²) in [5.74, 6) is -0.156. The van der Waals surface area contributed by atoms with E-state index in [0.717, 1.165) is 12.0 Å². The summed E-state index contributed by atoms with van der Waals surface area (Å²) >= 11 is 0. The van der Waals surface area contributed by atoms with Gasteiger partial charge in [0.15, 0.2) is 0 Å². The Labute approximate surface area is 138 Å². The normalized spacial score (nSPS) is 17.0. The molecule has 0 saturated carbocycles. The van der Waals surface area contributed by atoms with Crippen LogP contribution in [0.4, 0.5) is 5.69 Å². The van der Waals surface area contributed by atoms with Gasteiger partial charge in [-0.15, -0.1) is 0 Å². The van der Waals surface area contributed by atoms with Gasteiger partial charge in [-0.05, 0) is 37.5 Å². The Kier molecular flexibility index (Phi) is 5.13. The predicted molar refractivity (Wildman–Crippen MR) is 90.9 cm³/mol. The molecule has 128 valence electrons. The number of amides is 1. The summed E-state index contributed by atoms with van der Waals surface area (Å²) in [6.07, 6.45) is 2.12. The molecule has 1 aromatic rings. The number of hydrogen-bond donors (Lipinski definition) is 2. The molecule has 0 aliphatic carbocycles. The Hall–Kier alpha value is -1.44. The topological polar surface area (TPSA) is 92.5 Å². The van der Waals surface area contributed by atoms with E-state index in [2.05, 4.69) is 4.72 Å². The van der Waals surface area contributed by atoms with E-state index >= 15 is 0 Å². The molecule has 1 aliphatic heterocycles. The van der Waals surface area contributed by atoms with Crippen molar-refractivity contribution in [2.45, 2.75) is 50.5 Å². The van der Waals surface area contributed by atoms with Gasteiger partial charge in [0.05, 0.1) is 10.4 Å².